The Kier molecular flexibility index (Phi) is 4.31. The van der Waals surface area contributed by atoms with Gasteiger partial charge in [0.05, 0.1) is 17.4 Å². The lowest BCUT2D eigenvalue weighted by molar-refractivity contribution is 0.0573. The van der Waals surface area contributed by atoms with Gasteiger partial charge in [-0.15, -0.1) is 0 Å². The number of nitrogen functional groups attached to an aromatic ring is 1. The highest BCUT2D eigenvalue weighted by Crippen LogP contribution is 2.25. The molecule has 0 bridgehead atoms. The molecule has 5 nitrogen and oxygen atoms in total. The van der Waals surface area contributed by atoms with Crippen molar-refractivity contribution >= 4 is 23.2 Å². The van der Waals surface area contributed by atoms with E-state index in [4.69, 9.17) is 17.3 Å². The number of hydrogen-bond donors (Lipinski definition) is 1. The molecule has 0 spiro atoms. The van der Waals surface area contributed by atoms with Gasteiger partial charge in [0, 0.05) is 32.2 Å². The molecule has 1 aromatic heterocycles. The molecule has 3 rings (SSSR count). The van der Waals surface area contributed by atoms with Gasteiger partial charge in [0.2, 0.25) is 0 Å². The van der Waals surface area contributed by atoms with Crippen LogP contribution in [0.25, 0.3) is 0 Å². The second-order valence-electron chi connectivity index (χ2n) is 5.87. The van der Waals surface area contributed by atoms with Crippen molar-refractivity contribution in [1.29, 1.82) is 0 Å². The molecular weight excluding hydrogens is 288 g/mol. The molecule has 1 aliphatic carbocycles. The lowest BCUT2D eigenvalue weighted by atomic mass is 10.1. The zero-order chi connectivity index (χ0) is 14.8. The van der Waals surface area contributed by atoms with Gasteiger partial charge in [-0.1, -0.05) is 24.4 Å². The van der Waals surface area contributed by atoms with Crippen LogP contribution in [0.4, 0.5) is 5.69 Å². The van der Waals surface area contributed by atoms with Gasteiger partial charge in [0.15, 0.2) is 0 Å². The number of nitrogens with zero attached hydrogens (tertiary/aromatic N) is 3. The summed E-state index contributed by atoms with van der Waals surface area (Å²) in [6.45, 7) is 3.40. The molecule has 21 heavy (non-hydrogen) atoms. The predicted octanol–water partition coefficient (Wildman–Crippen LogP) is 2.02. The van der Waals surface area contributed by atoms with E-state index in [-0.39, 0.29) is 11.1 Å². The van der Waals surface area contributed by atoms with Crippen molar-refractivity contribution in [1.82, 2.24) is 14.8 Å². The Morgan fingerprint density at radius 2 is 1.90 bits per heavy atom. The minimum Gasteiger partial charge on any atom is -0.397 e. The first kappa shape index (κ1) is 14.6. The van der Waals surface area contributed by atoms with Crippen LogP contribution in [0.2, 0.25) is 5.15 Å². The monoisotopic (exact) mass is 308 g/mol. The third-order valence-electron chi connectivity index (χ3n) is 4.53. The molecule has 1 saturated heterocycles. The normalized spacial score (nSPS) is 20.9. The number of halogens is 1. The average Bonchev–Trinajstić information content (AvgIpc) is 3.03. The quantitative estimate of drug-likeness (QED) is 0.849. The first-order valence-corrected chi connectivity index (χ1v) is 7.97. The Labute approximate surface area is 130 Å². The molecule has 1 amide bonds. The second-order valence-corrected chi connectivity index (χ2v) is 6.23. The number of hydrogen-bond acceptors (Lipinski definition) is 4. The summed E-state index contributed by atoms with van der Waals surface area (Å²) < 4.78 is 0. The number of nitrogens with two attached hydrogens (primary N) is 1. The summed E-state index contributed by atoms with van der Waals surface area (Å²) in [5, 5.41) is 0.229. The number of amides is 1. The standard InChI is InChI=1S/C15H21ClN4O/c16-14-13(9-11(17)10-18-14)15(21)20-7-5-19(6-8-20)12-3-1-2-4-12/h9-10,12H,1-8,17H2. The zero-order valence-electron chi connectivity index (χ0n) is 12.1. The van der Waals surface area contributed by atoms with Crippen LogP contribution in [0.15, 0.2) is 12.3 Å². The van der Waals surface area contributed by atoms with Crippen molar-refractivity contribution in [3.8, 4) is 0 Å². The van der Waals surface area contributed by atoms with Gasteiger partial charge in [-0.2, -0.15) is 0 Å². The van der Waals surface area contributed by atoms with E-state index in [1.807, 2.05) is 4.90 Å². The Hall–Kier alpha value is -1.33. The van der Waals surface area contributed by atoms with Crippen molar-refractivity contribution < 1.29 is 4.79 Å². The molecule has 6 heteroatoms. The number of anilines is 1. The Morgan fingerprint density at radius 1 is 1.24 bits per heavy atom. The molecule has 2 aliphatic rings. The molecule has 1 aliphatic heterocycles. The minimum atomic E-state index is -0.0640. The second kappa shape index (κ2) is 6.20. The molecule has 0 radical (unpaired) electrons. The molecular formula is C15H21ClN4O. The van der Waals surface area contributed by atoms with Crippen molar-refractivity contribution in [2.75, 3.05) is 31.9 Å². The van der Waals surface area contributed by atoms with Crippen LogP contribution in [-0.4, -0.2) is 52.9 Å². The van der Waals surface area contributed by atoms with Crippen LogP contribution < -0.4 is 5.73 Å². The molecule has 1 saturated carbocycles. The van der Waals surface area contributed by atoms with Crippen molar-refractivity contribution in [3.63, 3.8) is 0 Å². The van der Waals surface area contributed by atoms with E-state index in [9.17, 15) is 4.79 Å². The van der Waals surface area contributed by atoms with Crippen LogP contribution >= 0.6 is 11.6 Å². The molecule has 1 aromatic rings. The molecule has 2 N–H and O–H groups in total. The number of carbonyl (C=O) groups is 1. The lowest BCUT2D eigenvalue weighted by Crippen LogP contribution is -2.51. The van der Waals surface area contributed by atoms with Gasteiger partial charge in [-0.25, -0.2) is 4.98 Å². The largest absolute Gasteiger partial charge is 0.397 e. The fraction of sp³-hybridized carbons (Fsp3) is 0.600. The van der Waals surface area contributed by atoms with Gasteiger partial charge in [0.25, 0.3) is 5.91 Å². The zero-order valence-corrected chi connectivity index (χ0v) is 12.9. The topological polar surface area (TPSA) is 62.5 Å². The number of carbonyl (C=O) groups excluding carboxylic acids is 1. The lowest BCUT2D eigenvalue weighted by Gasteiger charge is -2.38. The SMILES string of the molecule is Nc1cnc(Cl)c(C(=O)N2CCN(C3CCCC3)CC2)c1. The Balaban J connectivity index is 1.63. The van der Waals surface area contributed by atoms with E-state index in [0.29, 0.717) is 11.3 Å². The minimum absolute atomic E-state index is 0.0640. The molecule has 0 unspecified atom stereocenters. The average molecular weight is 309 g/mol. The highest BCUT2D eigenvalue weighted by atomic mass is 35.5. The van der Waals surface area contributed by atoms with Gasteiger partial charge in [0.1, 0.15) is 5.15 Å². The van der Waals surface area contributed by atoms with Crippen LogP contribution in [-0.2, 0) is 0 Å². The Bertz CT molecular complexity index is 522. The van der Waals surface area contributed by atoms with E-state index in [2.05, 4.69) is 9.88 Å². The third-order valence-corrected chi connectivity index (χ3v) is 4.83. The number of aromatic nitrogens is 1. The maximum absolute atomic E-state index is 12.5. The third kappa shape index (κ3) is 3.14. The van der Waals surface area contributed by atoms with Crippen LogP contribution in [0.3, 0.4) is 0 Å². The van der Waals surface area contributed by atoms with Crippen molar-refractivity contribution in [2.24, 2.45) is 0 Å². The van der Waals surface area contributed by atoms with E-state index in [1.165, 1.54) is 31.9 Å². The van der Waals surface area contributed by atoms with Gasteiger partial charge < -0.3 is 10.6 Å². The summed E-state index contributed by atoms with van der Waals surface area (Å²) in [6, 6.07) is 2.33. The summed E-state index contributed by atoms with van der Waals surface area (Å²) in [6.07, 6.45) is 6.76. The summed E-state index contributed by atoms with van der Waals surface area (Å²) >= 11 is 6.02. The maximum atomic E-state index is 12.5. The predicted molar refractivity (Wildman–Crippen MR) is 83.4 cm³/mol. The van der Waals surface area contributed by atoms with E-state index < -0.39 is 0 Å². The van der Waals surface area contributed by atoms with Crippen molar-refractivity contribution in [3.05, 3.63) is 23.0 Å². The first-order chi connectivity index (χ1) is 10.1. The Morgan fingerprint density at radius 3 is 2.57 bits per heavy atom. The molecule has 2 fully saturated rings. The summed E-state index contributed by atoms with van der Waals surface area (Å²) in [5.74, 6) is -0.0640. The number of rotatable bonds is 2. The highest BCUT2D eigenvalue weighted by Gasteiger charge is 2.29. The first-order valence-electron chi connectivity index (χ1n) is 7.59. The fourth-order valence-electron chi connectivity index (χ4n) is 3.34. The smallest absolute Gasteiger partial charge is 0.257 e. The van der Waals surface area contributed by atoms with Gasteiger partial charge in [-0.3, -0.25) is 9.69 Å². The fourth-order valence-corrected chi connectivity index (χ4v) is 3.53. The van der Waals surface area contributed by atoms with E-state index in [1.54, 1.807) is 6.07 Å². The van der Waals surface area contributed by atoms with Gasteiger partial charge >= 0.3 is 0 Å². The molecule has 0 aromatic carbocycles. The van der Waals surface area contributed by atoms with Crippen LogP contribution in [0, 0.1) is 0 Å². The maximum Gasteiger partial charge on any atom is 0.257 e. The molecule has 114 valence electrons. The summed E-state index contributed by atoms with van der Waals surface area (Å²) in [7, 11) is 0. The van der Waals surface area contributed by atoms with Crippen LogP contribution in [0.1, 0.15) is 36.0 Å². The van der Waals surface area contributed by atoms with Crippen molar-refractivity contribution in [2.45, 2.75) is 31.7 Å². The summed E-state index contributed by atoms with van der Waals surface area (Å²) in [5.41, 5.74) is 6.57. The van der Waals surface area contributed by atoms with E-state index in [0.717, 1.165) is 32.2 Å². The molecule has 0 atom stereocenters. The van der Waals surface area contributed by atoms with E-state index >= 15 is 0 Å². The van der Waals surface area contributed by atoms with Gasteiger partial charge in [-0.05, 0) is 18.9 Å². The highest BCUT2D eigenvalue weighted by molar-refractivity contribution is 6.32. The number of piperazine rings is 1. The van der Waals surface area contributed by atoms with Crippen LogP contribution in [0.5, 0.6) is 0 Å². The molecule has 2 heterocycles. The summed E-state index contributed by atoms with van der Waals surface area (Å²) in [4.78, 5) is 20.9. The number of pyridine rings is 1.